The van der Waals surface area contributed by atoms with Gasteiger partial charge in [-0.2, -0.15) is 0 Å². The fourth-order valence-electron chi connectivity index (χ4n) is 4.05. The number of hydrogen-bond acceptors (Lipinski definition) is 0. The molecule has 1 spiro atoms. The number of rotatable bonds is 0. The van der Waals surface area contributed by atoms with Crippen molar-refractivity contribution in [3.63, 3.8) is 0 Å². The van der Waals surface area contributed by atoms with Crippen LogP contribution in [0.1, 0.15) is 51.4 Å². The highest BCUT2D eigenvalue weighted by Crippen LogP contribution is 2.54. The fourth-order valence-corrected chi connectivity index (χ4v) is 4.05. The second-order valence-corrected chi connectivity index (χ2v) is 5.11. The van der Waals surface area contributed by atoms with Crippen LogP contribution in [0.5, 0.6) is 0 Å². The van der Waals surface area contributed by atoms with Crippen molar-refractivity contribution in [3.8, 4) is 0 Å². The molecule has 2 heteroatoms. The van der Waals surface area contributed by atoms with Crippen LogP contribution < -0.4 is 0 Å². The quantitative estimate of drug-likeness (QED) is 0.510. The highest BCUT2D eigenvalue weighted by Gasteiger charge is 2.64. The van der Waals surface area contributed by atoms with Crippen molar-refractivity contribution in [1.82, 2.24) is 0 Å². The Balaban J connectivity index is 1.92. The van der Waals surface area contributed by atoms with Crippen molar-refractivity contribution in [1.29, 1.82) is 0 Å². The maximum Gasteiger partial charge on any atom is 0.160 e. The summed E-state index contributed by atoms with van der Waals surface area (Å²) in [5, 5.41) is 0. The summed E-state index contributed by atoms with van der Waals surface area (Å²) in [6.45, 7) is 0. The van der Waals surface area contributed by atoms with Crippen molar-refractivity contribution >= 4 is 0 Å². The molecule has 2 saturated heterocycles. The molecule has 13 heavy (non-hydrogen) atoms. The smallest absolute Gasteiger partial charge is 0.160 e. The number of hydrogen-bond donors (Lipinski definition) is 0. The van der Waals surface area contributed by atoms with E-state index in [1.165, 1.54) is 51.4 Å². The van der Waals surface area contributed by atoms with E-state index in [1.807, 2.05) is 0 Å². The molecule has 3 fully saturated rings. The van der Waals surface area contributed by atoms with Crippen LogP contribution >= 0.6 is 0 Å². The largest absolute Gasteiger partial charge is 0.506 e. The summed E-state index contributed by atoms with van der Waals surface area (Å²) in [6, 6.07) is 0.534. The molecule has 0 N–H and O–H groups in total. The maximum atomic E-state index is 9.97. The van der Waals surface area contributed by atoms with E-state index in [2.05, 4.69) is 0 Å². The molecule has 1 saturated carbocycles. The van der Waals surface area contributed by atoms with Crippen molar-refractivity contribution in [3.05, 3.63) is 5.53 Å². The van der Waals surface area contributed by atoms with Crippen LogP contribution in [-0.2, 0) is 0 Å². The average Bonchev–Trinajstić information content (AvgIpc) is 2.37. The van der Waals surface area contributed by atoms with Gasteiger partial charge in [-0.25, -0.2) is 0 Å². The lowest BCUT2D eigenvalue weighted by atomic mass is 9.59. The Labute approximate surface area is 79.8 Å². The molecule has 2 nitrogen and oxygen atoms in total. The third-order valence-electron chi connectivity index (χ3n) is 4.66. The Bertz CT molecular complexity index is 248. The van der Waals surface area contributed by atoms with E-state index in [4.69, 9.17) is 0 Å². The van der Waals surface area contributed by atoms with E-state index in [0.717, 1.165) is 5.92 Å². The van der Waals surface area contributed by atoms with Crippen LogP contribution in [0.25, 0.3) is 5.53 Å². The van der Waals surface area contributed by atoms with Gasteiger partial charge < -0.3 is 10.2 Å². The molecule has 2 bridgehead atoms. The third kappa shape index (κ3) is 0.844. The Kier molecular flexibility index (Phi) is 1.56. The minimum Gasteiger partial charge on any atom is -0.506 e. The van der Waals surface area contributed by atoms with Crippen molar-refractivity contribution in [2.75, 3.05) is 0 Å². The first-order chi connectivity index (χ1) is 6.34. The van der Waals surface area contributed by atoms with Gasteiger partial charge in [0.15, 0.2) is 11.6 Å². The van der Waals surface area contributed by atoms with Gasteiger partial charge in [-0.1, -0.05) is 12.8 Å². The van der Waals surface area contributed by atoms with Crippen molar-refractivity contribution in [2.45, 2.75) is 62.9 Å². The molecule has 3 rings (SSSR count). The molecule has 3 atom stereocenters. The van der Waals surface area contributed by atoms with Crippen LogP contribution in [0.4, 0.5) is 0 Å². The lowest BCUT2D eigenvalue weighted by Crippen LogP contribution is -2.69. The number of fused-ring (bicyclic) bond motifs is 2. The summed E-state index contributed by atoms with van der Waals surface area (Å²) in [7, 11) is 0. The van der Waals surface area contributed by atoms with Crippen LogP contribution in [0.3, 0.4) is 0 Å². The summed E-state index contributed by atoms with van der Waals surface area (Å²) in [5.74, 6) is 0.841. The first-order valence-corrected chi connectivity index (χ1v) is 5.83. The molecule has 2 aliphatic heterocycles. The van der Waals surface area contributed by atoms with Crippen molar-refractivity contribution < 1.29 is 4.70 Å². The summed E-state index contributed by atoms with van der Waals surface area (Å²) in [6.07, 6.45) is 10.6. The molecule has 72 valence electrons. The van der Waals surface area contributed by atoms with E-state index in [0.29, 0.717) is 6.04 Å². The first-order valence-electron chi connectivity index (χ1n) is 5.83. The Morgan fingerprint density at radius 1 is 1.00 bits per heavy atom. The van der Waals surface area contributed by atoms with Crippen molar-refractivity contribution in [2.24, 2.45) is 5.92 Å². The predicted molar refractivity (Wildman–Crippen MR) is 50.6 cm³/mol. The minimum absolute atomic E-state index is 0.249. The molecule has 0 radical (unpaired) electrons. The second kappa shape index (κ2) is 2.55. The lowest BCUT2D eigenvalue weighted by molar-refractivity contribution is -0.756. The van der Waals surface area contributed by atoms with Gasteiger partial charge in [0, 0.05) is 19.3 Å². The molecule has 1 aliphatic carbocycles. The Morgan fingerprint density at radius 2 is 1.85 bits per heavy atom. The topological polar surface area (TPSA) is 25.3 Å². The highest BCUT2D eigenvalue weighted by atomic mass is 15.3. The third-order valence-corrected chi connectivity index (χ3v) is 4.66. The molecule has 0 amide bonds. The summed E-state index contributed by atoms with van der Waals surface area (Å²) in [5.41, 5.74) is 10.2. The van der Waals surface area contributed by atoms with E-state index >= 15 is 0 Å². The number of piperidine rings is 1. The van der Waals surface area contributed by atoms with Gasteiger partial charge in [0.25, 0.3) is 0 Å². The first kappa shape index (κ1) is 7.95. The standard InChI is InChI=1S/C11H18N2/c12-13-10-6-4-8-11(13)7-3-1-2-5-9(10)11/h9-10H,1-8H2. The molecule has 0 aromatic rings. The molecular formula is C11H18N2. The van der Waals surface area contributed by atoms with Gasteiger partial charge in [0.2, 0.25) is 0 Å². The zero-order chi connectivity index (χ0) is 8.89. The van der Waals surface area contributed by atoms with Crippen LogP contribution in [0.15, 0.2) is 0 Å². The molecule has 3 unspecified atom stereocenters. The van der Waals surface area contributed by atoms with E-state index in [9.17, 15) is 5.53 Å². The van der Waals surface area contributed by atoms with Gasteiger partial charge in [0.1, 0.15) is 0 Å². The van der Waals surface area contributed by atoms with Gasteiger partial charge in [-0.15, -0.1) is 0 Å². The summed E-state index contributed by atoms with van der Waals surface area (Å²) < 4.78 is 1.73. The van der Waals surface area contributed by atoms with E-state index < -0.39 is 0 Å². The maximum absolute atomic E-state index is 9.97. The lowest BCUT2D eigenvalue weighted by Gasteiger charge is -2.57. The zero-order valence-electron chi connectivity index (χ0n) is 8.21. The summed E-state index contributed by atoms with van der Waals surface area (Å²) >= 11 is 0. The van der Waals surface area contributed by atoms with E-state index in [-0.39, 0.29) is 5.54 Å². The number of nitrogens with zero attached hydrogens (tertiary/aromatic N) is 2. The zero-order valence-corrected chi connectivity index (χ0v) is 8.21. The molecule has 3 aliphatic rings. The van der Waals surface area contributed by atoms with E-state index in [1.54, 1.807) is 4.70 Å². The monoisotopic (exact) mass is 178 g/mol. The summed E-state index contributed by atoms with van der Waals surface area (Å²) in [4.78, 5) is 0. The normalized spacial score (nSPS) is 49.1. The van der Waals surface area contributed by atoms with Gasteiger partial charge in [0.05, 0.1) is 5.92 Å². The van der Waals surface area contributed by atoms with Crippen LogP contribution in [-0.4, -0.2) is 16.3 Å². The Hall–Kier alpha value is -0.400. The average molecular weight is 178 g/mol. The van der Waals surface area contributed by atoms with Crippen LogP contribution in [0.2, 0.25) is 0 Å². The van der Waals surface area contributed by atoms with Gasteiger partial charge >= 0.3 is 0 Å². The fraction of sp³-hybridized carbons (Fsp3) is 1.00. The Morgan fingerprint density at radius 3 is 2.69 bits per heavy atom. The molecular weight excluding hydrogens is 160 g/mol. The molecule has 2 heterocycles. The molecule has 0 aromatic heterocycles. The van der Waals surface area contributed by atoms with Gasteiger partial charge in [-0.3, -0.25) is 0 Å². The predicted octanol–water partition coefficient (Wildman–Crippen LogP) is 2.91. The highest BCUT2D eigenvalue weighted by molar-refractivity contribution is 5.03. The molecule has 0 aromatic carbocycles. The minimum atomic E-state index is 0.249. The van der Waals surface area contributed by atoms with Crippen LogP contribution in [0, 0.1) is 5.92 Å². The van der Waals surface area contributed by atoms with Gasteiger partial charge in [-0.05, 0) is 19.3 Å². The SMILES string of the molecule is [N-]=[N+]1C2CCCC13CCCCCC23. The second-order valence-electron chi connectivity index (χ2n) is 5.11.